The topological polar surface area (TPSA) is 85.2 Å². The largest absolute Gasteiger partial charge is 0.453 e. The first-order valence-electron chi connectivity index (χ1n) is 8.57. The molecule has 0 radical (unpaired) electrons. The highest BCUT2D eigenvalue weighted by Crippen LogP contribution is 2.23. The number of amides is 2. The maximum atomic E-state index is 14.0. The van der Waals surface area contributed by atoms with Gasteiger partial charge in [-0.15, -0.1) is 0 Å². The van der Waals surface area contributed by atoms with Gasteiger partial charge in [0.1, 0.15) is 11.5 Å². The zero-order valence-corrected chi connectivity index (χ0v) is 15.9. The number of ether oxygens (including phenoxy) is 1. The van der Waals surface area contributed by atoms with Crippen LogP contribution < -0.4 is 10.6 Å². The number of hydrogen-bond donors (Lipinski definition) is 2. The van der Waals surface area contributed by atoms with Gasteiger partial charge in [0.15, 0.2) is 5.82 Å². The molecule has 0 spiro atoms. The van der Waals surface area contributed by atoms with Crippen LogP contribution in [0.4, 0.5) is 25.0 Å². The van der Waals surface area contributed by atoms with Crippen molar-refractivity contribution in [2.45, 2.75) is 13.8 Å². The van der Waals surface area contributed by atoms with Crippen LogP contribution in [-0.4, -0.2) is 28.9 Å². The molecular formula is C20H18F2N4O3. The molecule has 0 saturated heterocycles. The van der Waals surface area contributed by atoms with Gasteiger partial charge in [-0.3, -0.25) is 10.1 Å². The van der Waals surface area contributed by atoms with E-state index in [1.54, 1.807) is 32.0 Å². The van der Waals surface area contributed by atoms with Crippen LogP contribution in [0, 0.1) is 25.5 Å². The Bertz CT molecular complexity index is 1100. The average molecular weight is 400 g/mol. The minimum absolute atomic E-state index is 0.0683. The van der Waals surface area contributed by atoms with Crippen LogP contribution in [0.3, 0.4) is 0 Å². The molecule has 1 aromatic heterocycles. The lowest BCUT2D eigenvalue weighted by Gasteiger charge is -2.10. The molecule has 0 saturated carbocycles. The van der Waals surface area contributed by atoms with Gasteiger partial charge in [-0.1, -0.05) is 0 Å². The maximum absolute atomic E-state index is 14.0. The molecule has 0 aliphatic heterocycles. The minimum atomic E-state index is -0.765. The monoisotopic (exact) mass is 400 g/mol. The van der Waals surface area contributed by atoms with Gasteiger partial charge in [0, 0.05) is 17.3 Å². The minimum Gasteiger partial charge on any atom is -0.453 e. The Morgan fingerprint density at radius 2 is 1.83 bits per heavy atom. The molecular weight excluding hydrogens is 382 g/mol. The molecule has 0 aliphatic rings. The number of aryl methyl sites for hydroxylation is 1. The lowest BCUT2D eigenvalue weighted by Crippen LogP contribution is -2.15. The van der Waals surface area contributed by atoms with Crippen LogP contribution in [0.2, 0.25) is 0 Å². The van der Waals surface area contributed by atoms with Gasteiger partial charge < -0.3 is 10.1 Å². The van der Waals surface area contributed by atoms with E-state index in [0.29, 0.717) is 28.2 Å². The molecule has 150 valence electrons. The molecule has 1 heterocycles. The number of hydrogen-bond acceptors (Lipinski definition) is 4. The summed E-state index contributed by atoms with van der Waals surface area (Å²) in [6, 6.07) is 7.94. The molecule has 3 aromatic rings. The van der Waals surface area contributed by atoms with Crippen LogP contribution >= 0.6 is 0 Å². The fourth-order valence-corrected chi connectivity index (χ4v) is 2.78. The summed E-state index contributed by atoms with van der Waals surface area (Å²) in [7, 11) is 1.25. The first-order valence-corrected chi connectivity index (χ1v) is 8.57. The Labute approximate surface area is 165 Å². The number of halogens is 2. The third-order valence-electron chi connectivity index (χ3n) is 4.30. The third-order valence-corrected chi connectivity index (χ3v) is 4.30. The third kappa shape index (κ3) is 4.23. The van der Waals surface area contributed by atoms with Crippen LogP contribution in [0.5, 0.6) is 0 Å². The smallest absolute Gasteiger partial charge is 0.411 e. The van der Waals surface area contributed by atoms with Gasteiger partial charge >= 0.3 is 6.09 Å². The van der Waals surface area contributed by atoms with Crippen molar-refractivity contribution in [1.29, 1.82) is 0 Å². The van der Waals surface area contributed by atoms with Gasteiger partial charge in [-0.25, -0.2) is 18.3 Å². The van der Waals surface area contributed by atoms with Crippen molar-refractivity contribution in [2.24, 2.45) is 0 Å². The molecule has 0 bridgehead atoms. The van der Waals surface area contributed by atoms with E-state index >= 15 is 0 Å². The van der Waals surface area contributed by atoms with Gasteiger partial charge in [0.2, 0.25) is 0 Å². The number of nitrogens with zero attached hydrogens (tertiary/aromatic N) is 2. The summed E-state index contributed by atoms with van der Waals surface area (Å²) in [5.74, 6) is -1.85. The predicted octanol–water partition coefficient (Wildman–Crippen LogP) is 4.20. The SMILES string of the molecule is COC(=O)Nc1ccc(C(=O)Nc2cnn(-c3ccc(F)cc3F)c2C)c(C)c1. The fraction of sp³-hybridized carbons (Fsp3) is 0.150. The molecule has 2 aromatic carbocycles. The van der Waals surface area contributed by atoms with Gasteiger partial charge in [0.05, 0.1) is 24.7 Å². The molecule has 0 unspecified atom stereocenters. The molecule has 9 heteroatoms. The van der Waals surface area contributed by atoms with Crippen LogP contribution in [-0.2, 0) is 4.74 Å². The number of carbonyl (C=O) groups is 2. The first-order chi connectivity index (χ1) is 13.8. The normalized spacial score (nSPS) is 10.5. The van der Waals surface area contributed by atoms with Crippen molar-refractivity contribution in [2.75, 3.05) is 17.7 Å². The maximum Gasteiger partial charge on any atom is 0.411 e. The number of rotatable bonds is 4. The van der Waals surface area contributed by atoms with Gasteiger partial charge in [0.25, 0.3) is 5.91 Å². The number of carbonyl (C=O) groups excluding carboxylic acids is 2. The van der Waals surface area contributed by atoms with Crippen molar-refractivity contribution in [1.82, 2.24) is 9.78 Å². The standard InChI is InChI=1S/C20H18F2N4O3/c1-11-8-14(24-20(28)29-3)5-6-15(11)19(27)25-17-10-23-26(12(17)2)18-7-4-13(21)9-16(18)22/h4-10H,1-3H3,(H,24,28)(H,25,27). The highest BCUT2D eigenvalue weighted by Gasteiger charge is 2.16. The van der Waals surface area contributed by atoms with Crippen LogP contribution in [0.1, 0.15) is 21.6 Å². The zero-order chi connectivity index (χ0) is 21.1. The highest BCUT2D eigenvalue weighted by atomic mass is 19.1. The summed E-state index contributed by atoms with van der Waals surface area (Å²) < 4.78 is 33.0. The average Bonchev–Trinajstić information content (AvgIpc) is 3.02. The Morgan fingerprint density at radius 1 is 1.07 bits per heavy atom. The zero-order valence-electron chi connectivity index (χ0n) is 15.9. The lowest BCUT2D eigenvalue weighted by molar-refractivity contribution is 0.102. The Kier molecular flexibility index (Phi) is 5.58. The van der Waals surface area contributed by atoms with Crippen molar-refractivity contribution in [3.05, 3.63) is 71.1 Å². The van der Waals surface area contributed by atoms with Crippen molar-refractivity contribution in [3.63, 3.8) is 0 Å². The van der Waals surface area contributed by atoms with Crippen LogP contribution in [0.25, 0.3) is 5.69 Å². The van der Waals surface area contributed by atoms with Crippen molar-refractivity contribution < 1.29 is 23.1 Å². The second-order valence-electron chi connectivity index (χ2n) is 6.25. The summed E-state index contributed by atoms with van der Waals surface area (Å²) in [6.45, 7) is 3.38. The quantitative estimate of drug-likeness (QED) is 0.687. The molecule has 0 aliphatic carbocycles. The summed E-state index contributed by atoms with van der Waals surface area (Å²) in [5.41, 5.74) is 2.44. The van der Waals surface area contributed by atoms with E-state index in [0.717, 1.165) is 12.1 Å². The number of anilines is 2. The Balaban J connectivity index is 1.81. The molecule has 0 atom stereocenters. The lowest BCUT2D eigenvalue weighted by atomic mass is 10.1. The van der Waals surface area contributed by atoms with E-state index in [2.05, 4.69) is 20.5 Å². The van der Waals surface area contributed by atoms with Crippen LogP contribution in [0.15, 0.2) is 42.6 Å². The number of nitrogens with one attached hydrogen (secondary N) is 2. The molecule has 7 nitrogen and oxygen atoms in total. The van der Waals surface area contributed by atoms with E-state index in [9.17, 15) is 18.4 Å². The number of benzene rings is 2. The number of aromatic nitrogens is 2. The molecule has 3 rings (SSSR count). The Hall–Kier alpha value is -3.75. The van der Waals surface area contributed by atoms with E-state index < -0.39 is 23.6 Å². The number of methoxy groups -OCH3 is 1. The molecule has 0 fully saturated rings. The second kappa shape index (κ2) is 8.09. The van der Waals surface area contributed by atoms with Gasteiger partial charge in [-0.2, -0.15) is 5.10 Å². The van der Waals surface area contributed by atoms with Gasteiger partial charge in [-0.05, 0) is 49.7 Å². The van der Waals surface area contributed by atoms with E-state index in [1.165, 1.54) is 24.1 Å². The van der Waals surface area contributed by atoms with E-state index in [1.807, 2.05) is 0 Å². The summed E-state index contributed by atoms with van der Waals surface area (Å²) in [5, 5.41) is 9.33. The van der Waals surface area contributed by atoms with Crippen molar-refractivity contribution in [3.8, 4) is 5.69 Å². The predicted molar refractivity (Wildman–Crippen MR) is 103 cm³/mol. The second-order valence-corrected chi connectivity index (χ2v) is 6.25. The van der Waals surface area contributed by atoms with E-state index in [-0.39, 0.29) is 5.69 Å². The molecule has 2 N–H and O–H groups in total. The molecule has 2 amide bonds. The Morgan fingerprint density at radius 3 is 2.48 bits per heavy atom. The summed E-state index contributed by atoms with van der Waals surface area (Å²) in [4.78, 5) is 23.9. The highest BCUT2D eigenvalue weighted by molar-refractivity contribution is 6.06. The fourth-order valence-electron chi connectivity index (χ4n) is 2.78. The summed E-state index contributed by atoms with van der Waals surface area (Å²) >= 11 is 0. The molecule has 29 heavy (non-hydrogen) atoms. The summed E-state index contributed by atoms with van der Waals surface area (Å²) in [6.07, 6.45) is 0.774. The van der Waals surface area contributed by atoms with E-state index in [4.69, 9.17) is 0 Å². The first kappa shape index (κ1) is 20.0. The van der Waals surface area contributed by atoms with Crippen molar-refractivity contribution >= 4 is 23.4 Å².